The van der Waals surface area contributed by atoms with Crippen LogP contribution in [0.2, 0.25) is 0 Å². The first-order valence-electron chi connectivity index (χ1n) is 6.94. The van der Waals surface area contributed by atoms with Gasteiger partial charge in [0.1, 0.15) is 5.39 Å². The van der Waals surface area contributed by atoms with E-state index >= 15 is 0 Å². The summed E-state index contributed by atoms with van der Waals surface area (Å²) in [5.74, 6) is 2.31. The van der Waals surface area contributed by atoms with Gasteiger partial charge in [-0.2, -0.15) is 15.1 Å². The predicted molar refractivity (Wildman–Crippen MR) is 77.8 cm³/mol. The molecule has 0 amide bonds. The molecule has 6 nitrogen and oxygen atoms in total. The second kappa shape index (κ2) is 5.48. The van der Waals surface area contributed by atoms with E-state index in [-0.39, 0.29) is 0 Å². The number of hydrogen-bond donors (Lipinski definition) is 2. The van der Waals surface area contributed by atoms with Crippen molar-refractivity contribution in [3.05, 3.63) is 18.3 Å². The van der Waals surface area contributed by atoms with Crippen LogP contribution < -0.4 is 10.1 Å². The van der Waals surface area contributed by atoms with Gasteiger partial charge in [-0.1, -0.05) is 19.1 Å². The molecule has 3 rings (SSSR count). The van der Waals surface area contributed by atoms with E-state index in [1.165, 1.54) is 0 Å². The summed E-state index contributed by atoms with van der Waals surface area (Å²) in [6, 6.07) is 0. The lowest BCUT2D eigenvalue weighted by Gasteiger charge is -2.24. The van der Waals surface area contributed by atoms with Gasteiger partial charge in [-0.3, -0.25) is 5.10 Å². The SMILES string of the molecule is CNc1nc(OCC2CC=CCC2C)c2cn[nH]c2n1. The molecular weight excluding hydrogens is 254 g/mol. The van der Waals surface area contributed by atoms with Crippen LogP contribution in [0.15, 0.2) is 18.3 Å². The first-order chi connectivity index (χ1) is 9.78. The summed E-state index contributed by atoms with van der Waals surface area (Å²) in [7, 11) is 1.79. The minimum absolute atomic E-state index is 0.535. The molecule has 0 radical (unpaired) electrons. The highest BCUT2D eigenvalue weighted by Crippen LogP contribution is 2.27. The van der Waals surface area contributed by atoms with E-state index < -0.39 is 0 Å². The molecule has 2 N–H and O–H groups in total. The van der Waals surface area contributed by atoms with Crippen LogP contribution in [0, 0.1) is 11.8 Å². The quantitative estimate of drug-likeness (QED) is 0.836. The van der Waals surface area contributed by atoms with E-state index in [0.29, 0.717) is 35.9 Å². The van der Waals surface area contributed by atoms with Gasteiger partial charge in [0.05, 0.1) is 12.8 Å². The van der Waals surface area contributed by atoms with Crippen LogP contribution in [0.5, 0.6) is 5.88 Å². The number of H-pyrrole nitrogens is 1. The zero-order valence-corrected chi connectivity index (χ0v) is 11.8. The number of ether oxygens (including phenoxy) is 1. The smallest absolute Gasteiger partial charge is 0.229 e. The fraction of sp³-hybridized carbons (Fsp3) is 0.500. The molecule has 20 heavy (non-hydrogen) atoms. The minimum Gasteiger partial charge on any atom is -0.477 e. The molecule has 106 valence electrons. The summed E-state index contributed by atoms with van der Waals surface area (Å²) in [6.45, 7) is 2.94. The monoisotopic (exact) mass is 273 g/mol. The molecule has 1 aliphatic carbocycles. The van der Waals surface area contributed by atoms with Gasteiger partial charge < -0.3 is 10.1 Å². The van der Waals surface area contributed by atoms with Crippen LogP contribution in [0.1, 0.15) is 19.8 Å². The molecule has 2 atom stereocenters. The Kier molecular flexibility index (Phi) is 3.54. The Balaban J connectivity index is 1.79. The number of anilines is 1. The first-order valence-corrected chi connectivity index (χ1v) is 6.94. The Morgan fingerprint density at radius 1 is 1.35 bits per heavy atom. The van der Waals surface area contributed by atoms with Crippen LogP contribution in [0.3, 0.4) is 0 Å². The van der Waals surface area contributed by atoms with Crippen molar-refractivity contribution < 1.29 is 4.74 Å². The van der Waals surface area contributed by atoms with Crippen LogP contribution in [-0.4, -0.2) is 33.8 Å². The standard InChI is InChI=1S/C14H19N5O/c1-9-5-3-4-6-10(9)8-20-13-11-7-16-19-12(11)17-14(15-2)18-13/h3-4,7,9-10H,5-6,8H2,1-2H3,(H2,15,16,17,18,19). The fourth-order valence-corrected chi connectivity index (χ4v) is 2.46. The van der Waals surface area contributed by atoms with E-state index in [4.69, 9.17) is 4.74 Å². The van der Waals surface area contributed by atoms with Crippen molar-refractivity contribution in [3.8, 4) is 5.88 Å². The van der Waals surface area contributed by atoms with E-state index in [1.54, 1.807) is 13.2 Å². The first kappa shape index (κ1) is 12.9. The molecule has 0 fully saturated rings. The minimum atomic E-state index is 0.535. The number of hydrogen-bond acceptors (Lipinski definition) is 5. The number of rotatable bonds is 4. The van der Waals surface area contributed by atoms with Crippen molar-refractivity contribution in [2.24, 2.45) is 11.8 Å². The highest BCUT2D eigenvalue weighted by Gasteiger charge is 2.20. The number of nitrogens with one attached hydrogen (secondary N) is 2. The zero-order chi connectivity index (χ0) is 13.9. The van der Waals surface area contributed by atoms with Gasteiger partial charge in [0.15, 0.2) is 5.65 Å². The maximum absolute atomic E-state index is 5.94. The highest BCUT2D eigenvalue weighted by molar-refractivity contribution is 5.80. The number of aromatic amines is 1. The van der Waals surface area contributed by atoms with Crippen molar-refractivity contribution in [2.75, 3.05) is 19.0 Å². The molecule has 0 saturated carbocycles. The Bertz CT molecular complexity index is 621. The molecule has 0 aliphatic heterocycles. The summed E-state index contributed by atoms with van der Waals surface area (Å²) >= 11 is 0. The molecule has 0 aromatic carbocycles. The average molecular weight is 273 g/mol. The Morgan fingerprint density at radius 3 is 3.00 bits per heavy atom. The molecule has 2 heterocycles. The van der Waals surface area contributed by atoms with Gasteiger partial charge in [-0.25, -0.2) is 0 Å². The Morgan fingerprint density at radius 2 is 2.20 bits per heavy atom. The largest absolute Gasteiger partial charge is 0.477 e. The average Bonchev–Trinajstić information content (AvgIpc) is 2.94. The third kappa shape index (κ3) is 2.45. The molecule has 2 aromatic rings. The van der Waals surface area contributed by atoms with Gasteiger partial charge >= 0.3 is 0 Å². The van der Waals surface area contributed by atoms with Crippen LogP contribution in [0.25, 0.3) is 11.0 Å². The number of aromatic nitrogens is 4. The third-order valence-electron chi connectivity index (χ3n) is 3.85. The fourth-order valence-electron chi connectivity index (χ4n) is 2.46. The van der Waals surface area contributed by atoms with Crippen LogP contribution in [0.4, 0.5) is 5.95 Å². The van der Waals surface area contributed by atoms with E-state index in [1.807, 2.05) is 0 Å². The predicted octanol–water partition coefficient (Wildman–Crippen LogP) is 2.38. The number of allylic oxidation sites excluding steroid dienone is 2. The van der Waals surface area contributed by atoms with E-state index in [2.05, 4.69) is 44.6 Å². The highest BCUT2D eigenvalue weighted by atomic mass is 16.5. The lowest BCUT2D eigenvalue weighted by molar-refractivity contribution is 0.195. The summed E-state index contributed by atoms with van der Waals surface area (Å²) in [5, 5.41) is 10.6. The summed E-state index contributed by atoms with van der Waals surface area (Å²) in [4.78, 5) is 8.67. The molecule has 6 heteroatoms. The van der Waals surface area contributed by atoms with E-state index in [9.17, 15) is 0 Å². The third-order valence-corrected chi connectivity index (χ3v) is 3.85. The van der Waals surface area contributed by atoms with E-state index in [0.717, 1.165) is 18.2 Å². The van der Waals surface area contributed by atoms with Crippen molar-refractivity contribution in [2.45, 2.75) is 19.8 Å². The number of nitrogens with zero attached hydrogens (tertiary/aromatic N) is 3. The van der Waals surface area contributed by atoms with Crippen molar-refractivity contribution in [3.63, 3.8) is 0 Å². The number of fused-ring (bicyclic) bond motifs is 1. The Hall–Kier alpha value is -2.11. The van der Waals surface area contributed by atoms with Crippen molar-refractivity contribution >= 4 is 17.0 Å². The summed E-state index contributed by atoms with van der Waals surface area (Å²) in [6.07, 6.45) is 8.38. The maximum atomic E-state index is 5.94. The molecular formula is C14H19N5O. The topological polar surface area (TPSA) is 75.7 Å². The van der Waals surface area contributed by atoms with Crippen LogP contribution >= 0.6 is 0 Å². The lowest BCUT2D eigenvalue weighted by atomic mass is 9.85. The van der Waals surface area contributed by atoms with Gasteiger partial charge in [0.2, 0.25) is 11.8 Å². The van der Waals surface area contributed by atoms with Crippen molar-refractivity contribution in [1.29, 1.82) is 0 Å². The molecule has 1 aliphatic rings. The second-order valence-corrected chi connectivity index (χ2v) is 5.23. The molecule has 0 bridgehead atoms. The normalized spacial score (nSPS) is 22.1. The maximum Gasteiger partial charge on any atom is 0.229 e. The van der Waals surface area contributed by atoms with Gasteiger partial charge in [0.25, 0.3) is 0 Å². The zero-order valence-electron chi connectivity index (χ0n) is 11.8. The van der Waals surface area contributed by atoms with Crippen LogP contribution in [-0.2, 0) is 0 Å². The van der Waals surface area contributed by atoms with Gasteiger partial charge in [-0.15, -0.1) is 0 Å². The molecule has 0 saturated heterocycles. The van der Waals surface area contributed by atoms with Crippen molar-refractivity contribution in [1.82, 2.24) is 20.2 Å². The molecule has 2 aromatic heterocycles. The Labute approximate surface area is 117 Å². The van der Waals surface area contributed by atoms with Gasteiger partial charge in [0, 0.05) is 7.05 Å². The molecule has 2 unspecified atom stereocenters. The van der Waals surface area contributed by atoms with Gasteiger partial charge in [-0.05, 0) is 24.7 Å². The summed E-state index contributed by atoms with van der Waals surface area (Å²) < 4.78 is 5.94. The second-order valence-electron chi connectivity index (χ2n) is 5.23. The molecule has 0 spiro atoms. The summed E-state index contributed by atoms with van der Waals surface area (Å²) in [5.41, 5.74) is 0.691. The lowest BCUT2D eigenvalue weighted by Crippen LogP contribution is -2.21.